The first kappa shape index (κ1) is 13.6. The molecule has 0 bridgehead atoms. The molecule has 0 saturated carbocycles. The van der Waals surface area contributed by atoms with E-state index >= 15 is 0 Å². The molecule has 0 aliphatic heterocycles. The van der Waals surface area contributed by atoms with Crippen LogP contribution in [0.25, 0.3) is 0 Å². The highest BCUT2D eigenvalue weighted by Gasteiger charge is 2.20. The molecule has 100 valence electrons. The van der Waals surface area contributed by atoms with Crippen molar-refractivity contribution in [2.45, 2.75) is 11.4 Å². The van der Waals surface area contributed by atoms with Gasteiger partial charge in [0.25, 0.3) is 10.0 Å². The van der Waals surface area contributed by atoms with Gasteiger partial charge in [-0.15, -0.1) is 0 Å². The van der Waals surface area contributed by atoms with Crippen LogP contribution < -0.4 is 10.0 Å². The highest BCUT2D eigenvalue weighted by atomic mass is 32.2. The van der Waals surface area contributed by atoms with Gasteiger partial charge in [0.05, 0.1) is 10.6 Å². The quantitative estimate of drug-likeness (QED) is 0.928. The number of nitrogens with zero attached hydrogens (tertiary/aromatic N) is 1. The van der Waals surface area contributed by atoms with Crippen LogP contribution >= 0.6 is 0 Å². The van der Waals surface area contributed by atoms with Gasteiger partial charge in [0, 0.05) is 13.6 Å². The highest BCUT2D eigenvalue weighted by Crippen LogP contribution is 2.21. The molecule has 0 aliphatic rings. The van der Waals surface area contributed by atoms with E-state index in [-0.39, 0.29) is 4.90 Å². The van der Waals surface area contributed by atoms with Crippen LogP contribution in [-0.2, 0) is 16.6 Å². The Morgan fingerprint density at radius 1 is 1.00 bits per heavy atom. The molecule has 0 amide bonds. The van der Waals surface area contributed by atoms with Crippen LogP contribution in [0.5, 0.6) is 0 Å². The third kappa shape index (κ3) is 2.77. The summed E-state index contributed by atoms with van der Waals surface area (Å²) in [5.74, 6) is 0. The molecule has 2 aromatic rings. The molecule has 0 atom stereocenters. The van der Waals surface area contributed by atoms with Crippen molar-refractivity contribution in [2.24, 2.45) is 5.73 Å². The van der Waals surface area contributed by atoms with Gasteiger partial charge in [0.2, 0.25) is 0 Å². The second-order valence-electron chi connectivity index (χ2n) is 4.16. The Labute approximate surface area is 113 Å². The monoisotopic (exact) mass is 276 g/mol. The smallest absolute Gasteiger partial charge is 0.264 e. The van der Waals surface area contributed by atoms with E-state index in [1.54, 1.807) is 49.5 Å². The van der Waals surface area contributed by atoms with E-state index in [0.29, 0.717) is 12.2 Å². The van der Waals surface area contributed by atoms with E-state index in [0.717, 1.165) is 5.56 Å². The van der Waals surface area contributed by atoms with E-state index in [4.69, 9.17) is 5.73 Å². The zero-order valence-electron chi connectivity index (χ0n) is 10.7. The van der Waals surface area contributed by atoms with Crippen LogP contribution in [0, 0.1) is 0 Å². The summed E-state index contributed by atoms with van der Waals surface area (Å²) in [6, 6.07) is 15.5. The Hall–Kier alpha value is -1.85. The number of anilines is 1. The minimum Gasteiger partial charge on any atom is -0.326 e. The fraction of sp³-hybridized carbons (Fsp3) is 0.143. The molecular formula is C14H16N2O2S. The summed E-state index contributed by atoms with van der Waals surface area (Å²) < 4.78 is 26.0. The zero-order chi connectivity index (χ0) is 13.9. The molecule has 19 heavy (non-hydrogen) atoms. The van der Waals surface area contributed by atoms with E-state index in [2.05, 4.69) is 0 Å². The fourth-order valence-corrected chi connectivity index (χ4v) is 2.95. The molecule has 2 rings (SSSR count). The van der Waals surface area contributed by atoms with Gasteiger partial charge >= 0.3 is 0 Å². The number of hydrogen-bond donors (Lipinski definition) is 1. The van der Waals surface area contributed by atoms with Crippen molar-refractivity contribution in [3.63, 3.8) is 0 Å². The molecule has 0 radical (unpaired) electrons. The molecule has 0 unspecified atom stereocenters. The lowest BCUT2D eigenvalue weighted by Crippen LogP contribution is -2.26. The Bertz CT molecular complexity index is 637. The van der Waals surface area contributed by atoms with Gasteiger partial charge in [0.15, 0.2) is 0 Å². The molecule has 0 heterocycles. The number of hydrogen-bond acceptors (Lipinski definition) is 3. The number of rotatable bonds is 4. The van der Waals surface area contributed by atoms with E-state index in [9.17, 15) is 8.42 Å². The maximum absolute atomic E-state index is 12.4. The van der Waals surface area contributed by atoms with Gasteiger partial charge in [-0.05, 0) is 29.8 Å². The first-order chi connectivity index (χ1) is 9.05. The van der Waals surface area contributed by atoms with Crippen molar-refractivity contribution in [3.8, 4) is 0 Å². The van der Waals surface area contributed by atoms with Crippen molar-refractivity contribution >= 4 is 15.7 Å². The predicted molar refractivity (Wildman–Crippen MR) is 76.4 cm³/mol. The number of benzene rings is 2. The van der Waals surface area contributed by atoms with Crippen LogP contribution in [0.2, 0.25) is 0 Å². The predicted octanol–water partition coefficient (Wildman–Crippen LogP) is 1.97. The molecule has 5 heteroatoms. The van der Waals surface area contributed by atoms with Crippen molar-refractivity contribution in [2.75, 3.05) is 11.4 Å². The normalized spacial score (nSPS) is 11.3. The van der Waals surface area contributed by atoms with Gasteiger partial charge in [0.1, 0.15) is 0 Å². The Morgan fingerprint density at radius 2 is 1.58 bits per heavy atom. The third-order valence-corrected chi connectivity index (χ3v) is 4.74. The largest absolute Gasteiger partial charge is 0.326 e. The van der Waals surface area contributed by atoms with Crippen LogP contribution in [0.15, 0.2) is 59.5 Å². The summed E-state index contributed by atoms with van der Waals surface area (Å²) >= 11 is 0. The molecule has 0 aliphatic carbocycles. The van der Waals surface area contributed by atoms with Crippen molar-refractivity contribution in [1.82, 2.24) is 0 Å². The van der Waals surface area contributed by atoms with Gasteiger partial charge in [-0.3, -0.25) is 4.31 Å². The number of sulfonamides is 1. The summed E-state index contributed by atoms with van der Waals surface area (Å²) in [4.78, 5) is 0.278. The Morgan fingerprint density at radius 3 is 2.11 bits per heavy atom. The van der Waals surface area contributed by atoms with E-state index < -0.39 is 10.0 Å². The highest BCUT2D eigenvalue weighted by molar-refractivity contribution is 7.92. The average Bonchev–Trinajstić information content (AvgIpc) is 2.47. The minimum atomic E-state index is -3.51. The second-order valence-corrected chi connectivity index (χ2v) is 6.13. The number of nitrogens with two attached hydrogens (primary N) is 1. The molecule has 0 fully saturated rings. The van der Waals surface area contributed by atoms with Crippen molar-refractivity contribution in [1.29, 1.82) is 0 Å². The minimum absolute atomic E-state index is 0.278. The molecular weight excluding hydrogens is 260 g/mol. The first-order valence-corrected chi connectivity index (χ1v) is 7.32. The Kier molecular flexibility index (Phi) is 3.87. The van der Waals surface area contributed by atoms with Crippen molar-refractivity contribution < 1.29 is 8.42 Å². The third-order valence-electron chi connectivity index (χ3n) is 2.94. The standard InChI is InChI=1S/C14H16N2O2S/c1-16(13-9-7-12(11-15)8-10-13)19(17,18)14-5-3-2-4-6-14/h2-10H,11,15H2,1H3. The van der Waals surface area contributed by atoms with Gasteiger partial charge in [-0.1, -0.05) is 30.3 Å². The molecule has 0 spiro atoms. The lowest BCUT2D eigenvalue weighted by Gasteiger charge is -2.19. The molecule has 0 saturated heterocycles. The zero-order valence-corrected chi connectivity index (χ0v) is 11.5. The van der Waals surface area contributed by atoms with Gasteiger partial charge in [-0.25, -0.2) is 8.42 Å². The maximum atomic E-state index is 12.4. The van der Waals surface area contributed by atoms with E-state index in [1.807, 2.05) is 12.1 Å². The van der Waals surface area contributed by atoms with Crippen molar-refractivity contribution in [3.05, 3.63) is 60.2 Å². The summed E-state index contributed by atoms with van der Waals surface area (Å²) in [7, 11) is -1.97. The average molecular weight is 276 g/mol. The second kappa shape index (κ2) is 5.42. The van der Waals surface area contributed by atoms with Crippen LogP contribution in [0.4, 0.5) is 5.69 Å². The van der Waals surface area contributed by atoms with Gasteiger partial charge in [-0.2, -0.15) is 0 Å². The molecule has 4 nitrogen and oxygen atoms in total. The van der Waals surface area contributed by atoms with Crippen LogP contribution in [0.3, 0.4) is 0 Å². The summed E-state index contributed by atoms with van der Waals surface area (Å²) in [5, 5.41) is 0. The lowest BCUT2D eigenvalue weighted by molar-refractivity contribution is 0.594. The summed E-state index contributed by atoms with van der Waals surface area (Å²) in [6.07, 6.45) is 0. The Balaban J connectivity index is 2.35. The molecule has 2 N–H and O–H groups in total. The maximum Gasteiger partial charge on any atom is 0.264 e. The molecule has 0 aromatic heterocycles. The SMILES string of the molecule is CN(c1ccc(CN)cc1)S(=O)(=O)c1ccccc1. The topological polar surface area (TPSA) is 63.4 Å². The lowest BCUT2D eigenvalue weighted by atomic mass is 10.2. The summed E-state index contributed by atoms with van der Waals surface area (Å²) in [5.41, 5.74) is 7.10. The van der Waals surface area contributed by atoms with Gasteiger partial charge < -0.3 is 5.73 Å². The van der Waals surface area contributed by atoms with Crippen LogP contribution in [-0.4, -0.2) is 15.5 Å². The first-order valence-electron chi connectivity index (χ1n) is 5.88. The van der Waals surface area contributed by atoms with E-state index in [1.165, 1.54) is 4.31 Å². The fourth-order valence-electron chi connectivity index (χ4n) is 1.73. The summed E-state index contributed by atoms with van der Waals surface area (Å²) in [6.45, 7) is 0.440. The molecule has 2 aromatic carbocycles. The van der Waals surface area contributed by atoms with Crippen LogP contribution in [0.1, 0.15) is 5.56 Å².